The fourth-order valence-electron chi connectivity index (χ4n) is 2.69. The molecule has 0 heterocycles. The number of benzene rings is 3. The number of halogens is 1. The van der Waals surface area contributed by atoms with Crippen LogP contribution in [0.15, 0.2) is 71.6 Å². The largest absolute Gasteiger partial charge is 0.322 e. The summed E-state index contributed by atoms with van der Waals surface area (Å²) in [6, 6.07) is 16.5. The minimum Gasteiger partial charge on any atom is -0.322 e. The highest BCUT2D eigenvalue weighted by Crippen LogP contribution is 2.21. The van der Waals surface area contributed by atoms with E-state index in [1.54, 1.807) is 12.1 Å². The number of carbonyl (C=O) groups excluding carboxylic acids is 1. The Morgan fingerprint density at radius 1 is 0.929 bits per heavy atom. The van der Waals surface area contributed by atoms with Gasteiger partial charge in [-0.05, 0) is 67.9 Å². The molecule has 3 aromatic rings. The van der Waals surface area contributed by atoms with E-state index in [2.05, 4.69) is 10.0 Å². The number of amides is 1. The summed E-state index contributed by atoms with van der Waals surface area (Å²) in [6.07, 6.45) is 0. The Morgan fingerprint density at radius 2 is 1.64 bits per heavy atom. The van der Waals surface area contributed by atoms with Crippen LogP contribution in [0.1, 0.15) is 21.5 Å². The van der Waals surface area contributed by atoms with Crippen molar-refractivity contribution in [3.05, 3.63) is 89.2 Å². The number of carbonyl (C=O) groups is 1. The summed E-state index contributed by atoms with van der Waals surface area (Å²) in [6.45, 7) is 3.75. The van der Waals surface area contributed by atoms with Crippen molar-refractivity contribution >= 4 is 27.3 Å². The molecule has 0 aromatic heterocycles. The van der Waals surface area contributed by atoms with Crippen molar-refractivity contribution in [2.75, 3.05) is 10.0 Å². The second-order valence-electron chi connectivity index (χ2n) is 6.41. The predicted octanol–water partition coefficient (Wildman–Crippen LogP) is 4.50. The summed E-state index contributed by atoms with van der Waals surface area (Å²) in [7, 11) is -3.79. The van der Waals surface area contributed by atoms with Gasteiger partial charge < -0.3 is 5.32 Å². The van der Waals surface area contributed by atoms with Crippen LogP contribution < -0.4 is 10.0 Å². The first-order chi connectivity index (χ1) is 13.2. The first kappa shape index (κ1) is 19.6. The van der Waals surface area contributed by atoms with E-state index in [4.69, 9.17) is 0 Å². The van der Waals surface area contributed by atoms with E-state index < -0.39 is 21.7 Å². The summed E-state index contributed by atoms with van der Waals surface area (Å²) >= 11 is 0. The molecule has 0 saturated heterocycles. The van der Waals surface area contributed by atoms with Crippen LogP contribution in [0.3, 0.4) is 0 Å². The number of rotatable bonds is 5. The van der Waals surface area contributed by atoms with Crippen LogP contribution in [0.5, 0.6) is 0 Å². The Hall–Kier alpha value is -3.19. The highest BCUT2D eigenvalue weighted by molar-refractivity contribution is 7.92. The Kier molecular flexibility index (Phi) is 5.46. The summed E-state index contributed by atoms with van der Waals surface area (Å²) in [5.74, 6) is -0.923. The maximum Gasteiger partial charge on any atom is 0.261 e. The average molecular weight is 398 g/mol. The van der Waals surface area contributed by atoms with Gasteiger partial charge in [0.25, 0.3) is 15.9 Å². The minimum atomic E-state index is -3.79. The molecule has 0 fully saturated rings. The highest BCUT2D eigenvalue weighted by Gasteiger charge is 2.16. The fourth-order valence-corrected chi connectivity index (χ4v) is 3.82. The second-order valence-corrected chi connectivity index (χ2v) is 8.10. The second kappa shape index (κ2) is 7.82. The van der Waals surface area contributed by atoms with E-state index >= 15 is 0 Å². The molecule has 0 aliphatic rings. The van der Waals surface area contributed by atoms with Crippen LogP contribution >= 0.6 is 0 Å². The van der Waals surface area contributed by atoms with Gasteiger partial charge in [0.15, 0.2) is 0 Å². The molecule has 0 atom stereocenters. The quantitative estimate of drug-likeness (QED) is 0.665. The van der Waals surface area contributed by atoms with E-state index in [9.17, 15) is 17.6 Å². The average Bonchev–Trinajstić information content (AvgIpc) is 2.64. The van der Waals surface area contributed by atoms with Gasteiger partial charge in [-0.25, -0.2) is 12.8 Å². The van der Waals surface area contributed by atoms with Crippen molar-refractivity contribution in [2.45, 2.75) is 18.7 Å². The summed E-state index contributed by atoms with van der Waals surface area (Å²) in [4.78, 5) is 12.3. The number of sulfonamides is 1. The zero-order valence-corrected chi connectivity index (χ0v) is 16.2. The molecular formula is C21H19FN2O3S. The van der Waals surface area contributed by atoms with Gasteiger partial charge >= 0.3 is 0 Å². The van der Waals surface area contributed by atoms with Gasteiger partial charge in [0, 0.05) is 11.3 Å². The van der Waals surface area contributed by atoms with E-state index in [1.165, 1.54) is 42.5 Å². The molecule has 0 radical (unpaired) electrons. The topological polar surface area (TPSA) is 75.3 Å². The lowest BCUT2D eigenvalue weighted by molar-refractivity contribution is 0.102. The predicted molar refractivity (Wildman–Crippen MR) is 108 cm³/mol. The maximum atomic E-state index is 13.2. The van der Waals surface area contributed by atoms with Gasteiger partial charge in [-0.15, -0.1) is 0 Å². The van der Waals surface area contributed by atoms with Crippen LogP contribution in [-0.4, -0.2) is 14.3 Å². The lowest BCUT2D eigenvalue weighted by Crippen LogP contribution is -2.15. The van der Waals surface area contributed by atoms with Crippen molar-refractivity contribution in [2.24, 2.45) is 0 Å². The monoisotopic (exact) mass is 398 g/mol. The van der Waals surface area contributed by atoms with Crippen molar-refractivity contribution < 1.29 is 17.6 Å². The molecule has 3 aromatic carbocycles. The number of nitrogens with one attached hydrogen (secondary N) is 2. The van der Waals surface area contributed by atoms with E-state index in [-0.39, 0.29) is 10.5 Å². The van der Waals surface area contributed by atoms with Crippen molar-refractivity contribution in [3.63, 3.8) is 0 Å². The number of hydrogen-bond acceptors (Lipinski definition) is 3. The third kappa shape index (κ3) is 4.55. The molecule has 0 aliphatic heterocycles. The van der Waals surface area contributed by atoms with E-state index in [0.29, 0.717) is 11.4 Å². The third-order valence-electron chi connectivity index (χ3n) is 4.14. The molecule has 144 valence electrons. The van der Waals surface area contributed by atoms with Gasteiger partial charge in [-0.1, -0.05) is 23.8 Å². The molecular weight excluding hydrogens is 379 g/mol. The van der Waals surface area contributed by atoms with Crippen LogP contribution in [0.25, 0.3) is 0 Å². The molecule has 2 N–H and O–H groups in total. The molecule has 0 bridgehead atoms. The Morgan fingerprint density at radius 3 is 2.29 bits per heavy atom. The molecule has 3 rings (SSSR count). The molecule has 5 nitrogen and oxygen atoms in total. The van der Waals surface area contributed by atoms with Crippen LogP contribution in [-0.2, 0) is 10.0 Å². The van der Waals surface area contributed by atoms with Gasteiger partial charge in [-0.2, -0.15) is 0 Å². The first-order valence-electron chi connectivity index (χ1n) is 8.52. The zero-order chi connectivity index (χ0) is 20.3. The molecule has 28 heavy (non-hydrogen) atoms. The summed E-state index contributed by atoms with van der Waals surface area (Å²) < 4.78 is 41.0. The zero-order valence-electron chi connectivity index (χ0n) is 15.4. The van der Waals surface area contributed by atoms with Gasteiger partial charge in [0.2, 0.25) is 0 Å². The number of aryl methyl sites for hydroxylation is 2. The van der Waals surface area contributed by atoms with Crippen molar-refractivity contribution in [3.8, 4) is 0 Å². The van der Waals surface area contributed by atoms with Crippen molar-refractivity contribution in [1.82, 2.24) is 0 Å². The van der Waals surface area contributed by atoms with E-state index in [1.807, 2.05) is 26.0 Å². The Labute approximate surface area is 163 Å². The molecule has 7 heteroatoms. The Balaban J connectivity index is 1.76. The van der Waals surface area contributed by atoms with Crippen LogP contribution in [0, 0.1) is 19.7 Å². The number of hydrogen-bond donors (Lipinski definition) is 2. The molecule has 0 spiro atoms. The molecule has 0 saturated carbocycles. The maximum absolute atomic E-state index is 13.2. The lowest BCUT2D eigenvalue weighted by atomic mass is 10.1. The van der Waals surface area contributed by atoms with Gasteiger partial charge in [-0.3, -0.25) is 9.52 Å². The first-order valence-corrected chi connectivity index (χ1v) is 10.00. The Bertz CT molecular complexity index is 1130. The summed E-state index contributed by atoms with van der Waals surface area (Å²) in [5.41, 5.74) is 2.93. The molecule has 0 aliphatic carbocycles. The highest BCUT2D eigenvalue weighted by atomic mass is 32.2. The number of anilines is 2. The van der Waals surface area contributed by atoms with Crippen LogP contribution in [0.2, 0.25) is 0 Å². The third-order valence-corrected chi connectivity index (χ3v) is 5.52. The van der Waals surface area contributed by atoms with Crippen molar-refractivity contribution in [1.29, 1.82) is 0 Å². The molecule has 0 unspecified atom stereocenters. The van der Waals surface area contributed by atoms with E-state index in [0.717, 1.165) is 11.1 Å². The summed E-state index contributed by atoms with van der Waals surface area (Å²) in [5, 5.41) is 2.57. The van der Waals surface area contributed by atoms with Gasteiger partial charge in [0.1, 0.15) is 5.82 Å². The smallest absolute Gasteiger partial charge is 0.261 e. The standard InChI is InChI=1S/C21H19FN2O3S/c1-14-6-11-20(15(2)12-14)24-28(26,27)19-9-7-16(8-10-19)21(25)23-18-5-3-4-17(22)13-18/h3-13,24H,1-2H3,(H,23,25). The normalized spacial score (nSPS) is 11.1. The minimum absolute atomic E-state index is 0.0368. The SMILES string of the molecule is Cc1ccc(NS(=O)(=O)c2ccc(C(=O)Nc3cccc(F)c3)cc2)c(C)c1. The fraction of sp³-hybridized carbons (Fsp3) is 0.0952. The van der Waals surface area contributed by atoms with Gasteiger partial charge in [0.05, 0.1) is 10.6 Å². The van der Waals surface area contributed by atoms with Crippen LogP contribution in [0.4, 0.5) is 15.8 Å². The lowest BCUT2D eigenvalue weighted by Gasteiger charge is -2.12. The molecule has 1 amide bonds.